The van der Waals surface area contributed by atoms with Crippen molar-refractivity contribution in [3.8, 4) is 16.2 Å². The Morgan fingerprint density at radius 2 is 1.70 bits per heavy atom. The Balaban J connectivity index is 1.70. The van der Waals surface area contributed by atoms with Crippen LogP contribution in [0.1, 0.15) is 37.4 Å². The van der Waals surface area contributed by atoms with Crippen LogP contribution in [-0.2, 0) is 6.18 Å². The first-order valence-electron chi connectivity index (χ1n) is 9.43. The van der Waals surface area contributed by atoms with Gasteiger partial charge in [0.25, 0.3) is 11.8 Å². The van der Waals surface area contributed by atoms with Crippen molar-refractivity contribution in [3.63, 3.8) is 0 Å². The summed E-state index contributed by atoms with van der Waals surface area (Å²) in [6.45, 7) is 1.45. The number of aliphatic hydroxyl groups is 1. The van der Waals surface area contributed by atoms with Crippen LogP contribution in [0.15, 0.2) is 46.9 Å². The fourth-order valence-electron chi connectivity index (χ4n) is 2.71. The number of hydrogen-bond acceptors (Lipinski definition) is 7. The van der Waals surface area contributed by atoms with Crippen molar-refractivity contribution in [2.24, 2.45) is 5.10 Å². The van der Waals surface area contributed by atoms with Crippen LogP contribution in [0.5, 0.6) is 5.75 Å². The lowest BCUT2D eigenvalue weighted by Gasteiger charge is -2.07. The summed E-state index contributed by atoms with van der Waals surface area (Å²) in [6, 6.07) is 7.37. The highest BCUT2D eigenvalue weighted by Gasteiger charge is 2.30. The fraction of sp³-hybridized carbons (Fsp3) is 0.190. The zero-order valence-corrected chi connectivity index (χ0v) is 18.7. The summed E-state index contributed by atoms with van der Waals surface area (Å²) in [5.74, 6) is -1.13. The monoisotopic (exact) mass is 497 g/mol. The summed E-state index contributed by atoms with van der Waals surface area (Å²) >= 11 is 2.08. The molecule has 2 aromatic heterocycles. The van der Waals surface area contributed by atoms with Crippen molar-refractivity contribution in [3.05, 3.63) is 62.7 Å². The maximum atomic E-state index is 12.7. The van der Waals surface area contributed by atoms with E-state index in [-0.39, 0.29) is 29.5 Å². The van der Waals surface area contributed by atoms with E-state index in [9.17, 15) is 27.9 Å². The number of halogens is 3. The number of carbonyl (C=O) groups excluding carboxylic acids is 2. The van der Waals surface area contributed by atoms with Gasteiger partial charge in [0.1, 0.15) is 5.75 Å². The lowest BCUT2D eigenvalue weighted by Crippen LogP contribution is -2.25. The summed E-state index contributed by atoms with van der Waals surface area (Å²) < 4.78 is 38.2. The van der Waals surface area contributed by atoms with Crippen molar-refractivity contribution < 1.29 is 33.0 Å². The molecule has 0 saturated carbocycles. The number of aliphatic hydroxyl groups excluding tert-OH is 1. The third kappa shape index (κ3) is 5.78. The molecule has 7 nitrogen and oxygen atoms in total. The summed E-state index contributed by atoms with van der Waals surface area (Å²) in [5, 5.41) is 27.3. The van der Waals surface area contributed by atoms with Crippen molar-refractivity contribution in [2.45, 2.75) is 13.1 Å². The highest BCUT2D eigenvalue weighted by molar-refractivity contribution is 7.16. The number of amides is 2. The van der Waals surface area contributed by atoms with Crippen LogP contribution in [-0.4, -0.2) is 40.9 Å². The van der Waals surface area contributed by atoms with Crippen LogP contribution in [0.4, 0.5) is 13.2 Å². The van der Waals surface area contributed by atoms with Gasteiger partial charge < -0.3 is 15.5 Å². The molecule has 0 bridgehead atoms. The van der Waals surface area contributed by atoms with E-state index < -0.39 is 23.6 Å². The molecule has 0 fully saturated rings. The molecule has 0 atom stereocenters. The third-order valence-electron chi connectivity index (χ3n) is 4.41. The maximum Gasteiger partial charge on any atom is 0.416 e. The van der Waals surface area contributed by atoms with Crippen LogP contribution in [0.2, 0.25) is 0 Å². The molecule has 0 unspecified atom stereocenters. The zero-order chi connectivity index (χ0) is 24.2. The standard InChI is InChI=1S/C21H18F3N3O4S2/c1-11(26-27-20(31)16-7-6-15(33-16)19(30)25-8-9-28)14-10-32-18(17(14)29)12-2-4-13(5-3-12)21(22,23)24/h2-7,10,28-29H,8-9H2,1H3,(H,25,30)(H,27,31)/b26-11+. The van der Waals surface area contributed by atoms with Gasteiger partial charge in [-0.1, -0.05) is 12.1 Å². The van der Waals surface area contributed by atoms with E-state index in [1.165, 1.54) is 24.3 Å². The summed E-state index contributed by atoms with van der Waals surface area (Å²) in [4.78, 5) is 25.1. The lowest BCUT2D eigenvalue weighted by molar-refractivity contribution is -0.137. The molecule has 174 valence electrons. The SMILES string of the molecule is C/C(=N\NC(=O)c1ccc(C(=O)NCCO)s1)c1csc(-c2ccc(C(F)(F)F)cc2)c1O. The van der Waals surface area contributed by atoms with Crippen LogP contribution >= 0.6 is 22.7 Å². The van der Waals surface area contributed by atoms with E-state index in [0.29, 0.717) is 20.9 Å². The molecule has 0 aliphatic rings. The predicted octanol–water partition coefficient (Wildman–Crippen LogP) is 4.08. The Morgan fingerprint density at radius 1 is 1.06 bits per heavy atom. The number of alkyl halides is 3. The number of nitrogens with zero attached hydrogens (tertiary/aromatic N) is 1. The molecule has 0 aliphatic carbocycles. The quantitative estimate of drug-likeness (QED) is 0.291. The number of carbonyl (C=O) groups is 2. The number of thiophene rings is 2. The Labute approximate surface area is 194 Å². The van der Waals surface area contributed by atoms with Crippen molar-refractivity contribution in [2.75, 3.05) is 13.2 Å². The second kappa shape index (κ2) is 10.1. The Hall–Kier alpha value is -3.22. The van der Waals surface area contributed by atoms with E-state index >= 15 is 0 Å². The van der Waals surface area contributed by atoms with Gasteiger partial charge in [-0.15, -0.1) is 22.7 Å². The fourth-order valence-corrected chi connectivity index (χ4v) is 4.54. The van der Waals surface area contributed by atoms with Gasteiger partial charge in [0, 0.05) is 11.9 Å². The molecular formula is C21H18F3N3O4S2. The van der Waals surface area contributed by atoms with Crippen molar-refractivity contribution in [1.29, 1.82) is 0 Å². The molecule has 0 radical (unpaired) electrons. The molecule has 2 heterocycles. The Bertz CT molecular complexity index is 1180. The third-order valence-corrected chi connectivity index (χ3v) is 6.51. The largest absolute Gasteiger partial charge is 0.506 e. The number of rotatable bonds is 7. The average molecular weight is 498 g/mol. The molecule has 4 N–H and O–H groups in total. The van der Waals surface area contributed by atoms with Gasteiger partial charge in [-0.2, -0.15) is 18.3 Å². The topological polar surface area (TPSA) is 111 Å². The van der Waals surface area contributed by atoms with Gasteiger partial charge in [-0.25, -0.2) is 5.43 Å². The molecular weight excluding hydrogens is 479 g/mol. The molecule has 0 spiro atoms. The van der Waals surface area contributed by atoms with Crippen LogP contribution in [0.25, 0.3) is 10.4 Å². The Kier molecular flexibility index (Phi) is 7.51. The van der Waals surface area contributed by atoms with E-state index in [1.54, 1.807) is 12.3 Å². The minimum absolute atomic E-state index is 0.0976. The molecule has 0 saturated heterocycles. The highest BCUT2D eigenvalue weighted by Crippen LogP contribution is 2.40. The van der Waals surface area contributed by atoms with E-state index in [2.05, 4.69) is 15.8 Å². The van der Waals surface area contributed by atoms with Crippen molar-refractivity contribution >= 4 is 40.2 Å². The molecule has 12 heteroatoms. The molecule has 2 amide bonds. The summed E-state index contributed by atoms with van der Waals surface area (Å²) in [7, 11) is 0. The van der Waals surface area contributed by atoms with E-state index in [1.807, 2.05) is 0 Å². The second-order valence-electron chi connectivity index (χ2n) is 6.68. The minimum atomic E-state index is -4.45. The van der Waals surface area contributed by atoms with Gasteiger partial charge in [0.2, 0.25) is 0 Å². The van der Waals surface area contributed by atoms with E-state index in [4.69, 9.17) is 5.11 Å². The van der Waals surface area contributed by atoms with Crippen LogP contribution < -0.4 is 10.7 Å². The van der Waals surface area contributed by atoms with Gasteiger partial charge in [-0.05, 0) is 36.8 Å². The first-order chi connectivity index (χ1) is 15.6. The molecule has 3 aromatic rings. The Morgan fingerprint density at radius 3 is 2.30 bits per heavy atom. The van der Waals surface area contributed by atoms with Gasteiger partial charge in [0.05, 0.1) is 38.1 Å². The number of benzene rings is 1. The average Bonchev–Trinajstić information content (AvgIpc) is 3.42. The zero-order valence-electron chi connectivity index (χ0n) is 17.1. The van der Waals surface area contributed by atoms with E-state index in [0.717, 1.165) is 34.8 Å². The molecule has 3 rings (SSSR count). The maximum absolute atomic E-state index is 12.7. The number of nitrogens with one attached hydrogen (secondary N) is 2. The lowest BCUT2D eigenvalue weighted by atomic mass is 10.1. The smallest absolute Gasteiger partial charge is 0.416 e. The predicted molar refractivity (Wildman–Crippen MR) is 120 cm³/mol. The first-order valence-corrected chi connectivity index (χ1v) is 11.1. The number of hydrazone groups is 1. The van der Waals surface area contributed by atoms with Gasteiger partial charge in [-0.3, -0.25) is 9.59 Å². The first kappa shape index (κ1) is 24.4. The van der Waals surface area contributed by atoms with Crippen molar-refractivity contribution in [1.82, 2.24) is 10.7 Å². The molecule has 1 aromatic carbocycles. The normalized spacial score (nSPS) is 12.0. The molecule has 33 heavy (non-hydrogen) atoms. The van der Waals surface area contributed by atoms with Gasteiger partial charge >= 0.3 is 6.18 Å². The second-order valence-corrected chi connectivity index (χ2v) is 8.65. The molecule has 0 aliphatic heterocycles. The highest BCUT2D eigenvalue weighted by atomic mass is 32.1. The number of aromatic hydroxyl groups is 1. The van der Waals surface area contributed by atoms with Crippen LogP contribution in [0.3, 0.4) is 0 Å². The van der Waals surface area contributed by atoms with Gasteiger partial charge in [0.15, 0.2) is 0 Å². The number of hydrogen-bond donors (Lipinski definition) is 4. The van der Waals surface area contributed by atoms with Crippen LogP contribution in [0, 0.1) is 0 Å². The minimum Gasteiger partial charge on any atom is -0.506 e. The summed E-state index contributed by atoms with van der Waals surface area (Å²) in [6.07, 6.45) is -4.45. The summed E-state index contributed by atoms with van der Waals surface area (Å²) in [5.41, 5.74) is 2.59.